The molecular weight excluding hydrogens is 573 g/mol. The molecule has 0 radical (unpaired) electrons. The minimum absolute atomic E-state index is 0.0660. The van der Waals surface area contributed by atoms with Crippen LogP contribution in [0.1, 0.15) is 35.1 Å². The van der Waals surface area contributed by atoms with Crippen molar-refractivity contribution in [2.45, 2.75) is 25.0 Å². The number of hydrogen-bond acceptors (Lipinski definition) is 3. The van der Waals surface area contributed by atoms with Gasteiger partial charge in [-0.05, 0) is 81.4 Å². The summed E-state index contributed by atoms with van der Waals surface area (Å²) in [5.41, 5.74) is 3.58. The van der Waals surface area contributed by atoms with Crippen molar-refractivity contribution in [3.8, 4) is 11.5 Å². The normalized spacial score (nSPS) is 20.7. The molecule has 2 aliphatic rings. The molecule has 1 heterocycles. The Morgan fingerprint density at radius 2 is 1.91 bits per heavy atom. The molecule has 7 heteroatoms. The number of nitrogens with one attached hydrogen (secondary N) is 1. The van der Waals surface area contributed by atoms with Gasteiger partial charge in [-0.3, -0.25) is 0 Å². The second kappa shape index (κ2) is 9.32. The predicted octanol–water partition coefficient (Wildman–Crippen LogP) is 8.42. The third kappa shape index (κ3) is 4.41. The maximum atomic E-state index is 14.9. The smallest absolute Gasteiger partial charge is 0.175 e. The fourth-order valence-electron chi connectivity index (χ4n) is 4.75. The molecule has 1 aliphatic heterocycles. The molecule has 0 saturated heterocycles. The summed E-state index contributed by atoms with van der Waals surface area (Å²) >= 11 is 13.1. The van der Waals surface area contributed by atoms with E-state index in [0.717, 1.165) is 32.1 Å². The summed E-state index contributed by atoms with van der Waals surface area (Å²) in [6, 6.07) is 15.0. The van der Waals surface area contributed by atoms with E-state index in [1.165, 1.54) is 6.07 Å². The number of allylic oxidation sites excluding steroid dienone is 2. The molecule has 3 atom stereocenters. The van der Waals surface area contributed by atoms with E-state index in [0.29, 0.717) is 28.8 Å². The molecule has 0 unspecified atom stereocenters. The molecule has 0 fully saturated rings. The Labute approximate surface area is 214 Å². The lowest BCUT2D eigenvalue weighted by atomic mass is 9.77. The molecule has 33 heavy (non-hydrogen) atoms. The van der Waals surface area contributed by atoms with Crippen molar-refractivity contribution in [3.05, 3.63) is 97.2 Å². The van der Waals surface area contributed by atoms with E-state index in [1.54, 1.807) is 7.11 Å². The number of methoxy groups -OCH3 is 1. The lowest BCUT2D eigenvalue weighted by Gasteiger charge is -2.38. The van der Waals surface area contributed by atoms with Gasteiger partial charge in [0, 0.05) is 15.4 Å². The van der Waals surface area contributed by atoms with Crippen LogP contribution in [-0.4, -0.2) is 7.11 Å². The van der Waals surface area contributed by atoms with Crippen molar-refractivity contribution in [2.24, 2.45) is 5.92 Å². The molecule has 3 aromatic carbocycles. The largest absolute Gasteiger partial charge is 0.493 e. The first-order valence-corrected chi connectivity index (χ1v) is 12.6. The third-order valence-corrected chi connectivity index (χ3v) is 7.59. The van der Waals surface area contributed by atoms with Gasteiger partial charge in [-0.2, -0.15) is 0 Å². The molecule has 0 bridgehead atoms. The Morgan fingerprint density at radius 3 is 2.67 bits per heavy atom. The Bertz CT molecular complexity index is 1230. The lowest BCUT2D eigenvalue weighted by molar-refractivity contribution is 0.282. The number of halogens is 4. The number of benzene rings is 3. The first-order chi connectivity index (χ1) is 15.9. The molecule has 0 aromatic heterocycles. The summed E-state index contributed by atoms with van der Waals surface area (Å²) in [4.78, 5) is 0. The Morgan fingerprint density at radius 1 is 1.12 bits per heavy atom. The molecule has 1 N–H and O–H groups in total. The Balaban J connectivity index is 1.47. The van der Waals surface area contributed by atoms with Crippen LogP contribution < -0.4 is 14.8 Å². The van der Waals surface area contributed by atoms with E-state index in [4.69, 9.17) is 21.1 Å². The Hall–Kier alpha value is -2.02. The van der Waals surface area contributed by atoms with Crippen molar-refractivity contribution in [2.75, 3.05) is 12.4 Å². The van der Waals surface area contributed by atoms with Crippen LogP contribution in [0.25, 0.3) is 0 Å². The lowest BCUT2D eigenvalue weighted by Crippen LogP contribution is -2.29. The number of ether oxygens (including phenoxy) is 2. The zero-order valence-corrected chi connectivity index (χ0v) is 21.7. The van der Waals surface area contributed by atoms with Gasteiger partial charge in [0.2, 0.25) is 0 Å². The zero-order valence-electron chi connectivity index (χ0n) is 17.7. The van der Waals surface area contributed by atoms with Crippen LogP contribution in [0.2, 0.25) is 5.02 Å². The van der Waals surface area contributed by atoms with Crippen LogP contribution in [0.5, 0.6) is 11.5 Å². The molecule has 0 amide bonds. The maximum Gasteiger partial charge on any atom is 0.175 e. The third-order valence-electron chi connectivity index (χ3n) is 6.29. The van der Waals surface area contributed by atoms with Crippen LogP contribution in [0.4, 0.5) is 10.1 Å². The van der Waals surface area contributed by atoms with Crippen molar-refractivity contribution < 1.29 is 13.9 Å². The van der Waals surface area contributed by atoms with Gasteiger partial charge in [-0.25, -0.2) is 4.39 Å². The predicted molar refractivity (Wildman–Crippen MR) is 137 cm³/mol. The van der Waals surface area contributed by atoms with Crippen molar-refractivity contribution >= 4 is 49.1 Å². The van der Waals surface area contributed by atoms with E-state index >= 15 is 0 Å². The van der Waals surface area contributed by atoms with Crippen LogP contribution in [0.15, 0.2) is 69.6 Å². The first-order valence-electron chi connectivity index (χ1n) is 10.6. The average Bonchev–Trinajstić information content (AvgIpc) is 3.29. The topological polar surface area (TPSA) is 30.5 Å². The molecule has 0 saturated carbocycles. The van der Waals surface area contributed by atoms with Gasteiger partial charge >= 0.3 is 0 Å². The van der Waals surface area contributed by atoms with E-state index < -0.39 is 0 Å². The number of rotatable bonds is 5. The minimum Gasteiger partial charge on any atom is -0.493 e. The molecule has 1 aliphatic carbocycles. The second-order valence-corrected chi connectivity index (χ2v) is 10.5. The molecule has 170 valence electrons. The van der Waals surface area contributed by atoms with Gasteiger partial charge in [-0.15, -0.1) is 0 Å². The summed E-state index contributed by atoms with van der Waals surface area (Å²) < 4.78 is 28.2. The van der Waals surface area contributed by atoms with Crippen molar-refractivity contribution in [1.82, 2.24) is 0 Å². The van der Waals surface area contributed by atoms with E-state index in [9.17, 15) is 4.39 Å². The highest BCUT2D eigenvalue weighted by atomic mass is 79.9. The fourth-order valence-corrected chi connectivity index (χ4v) is 5.89. The standard InChI is InChI=1S/C26H21Br2ClFNO2/c1-32-23-10-15(9-21(28)26(23)33-13-14-5-7-17(29)8-6-14)24-19-4-2-3-18(19)20-11-16(27)12-22(30)25(20)31-24/h2-3,5-12,18-19,24,31H,4,13H2,1H3/t18-,19-,24-/m0/s1. The van der Waals surface area contributed by atoms with Gasteiger partial charge in [-0.1, -0.05) is 51.8 Å². The highest BCUT2D eigenvalue weighted by Gasteiger charge is 2.39. The quantitative estimate of drug-likeness (QED) is 0.301. The highest BCUT2D eigenvalue weighted by Crippen LogP contribution is 2.52. The average molecular weight is 594 g/mol. The van der Waals surface area contributed by atoms with Crippen LogP contribution in [0.3, 0.4) is 0 Å². The molecule has 3 aromatic rings. The fraction of sp³-hybridized carbons (Fsp3) is 0.231. The number of anilines is 1. The molecule has 0 spiro atoms. The Kier molecular flexibility index (Phi) is 6.43. The van der Waals surface area contributed by atoms with Crippen molar-refractivity contribution in [1.29, 1.82) is 0 Å². The molecular formula is C26H21Br2ClFNO2. The van der Waals surface area contributed by atoms with Gasteiger partial charge < -0.3 is 14.8 Å². The SMILES string of the molecule is COc1cc([C@@H]2Nc3c(F)cc(Br)cc3[C@H]3C=CC[C@@H]32)cc(Br)c1OCc1ccc(Cl)cc1. The van der Waals surface area contributed by atoms with E-state index in [2.05, 4.69) is 49.3 Å². The van der Waals surface area contributed by atoms with Gasteiger partial charge in [0.05, 0.1) is 23.3 Å². The van der Waals surface area contributed by atoms with Crippen molar-refractivity contribution in [3.63, 3.8) is 0 Å². The van der Waals surface area contributed by atoms with Crippen LogP contribution in [0, 0.1) is 11.7 Å². The molecule has 3 nitrogen and oxygen atoms in total. The monoisotopic (exact) mass is 591 g/mol. The second-order valence-electron chi connectivity index (χ2n) is 8.28. The maximum absolute atomic E-state index is 14.9. The summed E-state index contributed by atoms with van der Waals surface area (Å²) in [6.07, 6.45) is 5.30. The number of hydrogen-bond donors (Lipinski definition) is 1. The number of fused-ring (bicyclic) bond motifs is 3. The van der Waals surface area contributed by atoms with E-state index in [-0.39, 0.29) is 23.7 Å². The van der Waals surface area contributed by atoms with Crippen LogP contribution in [-0.2, 0) is 6.61 Å². The summed E-state index contributed by atoms with van der Waals surface area (Å²) in [5.74, 6) is 1.44. The highest BCUT2D eigenvalue weighted by molar-refractivity contribution is 9.10. The van der Waals surface area contributed by atoms with Gasteiger partial charge in [0.15, 0.2) is 11.5 Å². The first kappa shape index (κ1) is 22.8. The van der Waals surface area contributed by atoms with Gasteiger partial charge in [0.25, 0.3) is 0 Å². The summed E-state index contributed by atoms with van der Waals surface area (Å²) in [7, 11) is 1.63. The van der Waals surface area contributed by atoms with Crippen LogP contribution >= 0.6 is 43.5 Å². The van der Waals surface area contributed by atoms with E-state index in [1.807, 2.05) is 42.5 Å². The summed E-state index contributed by atoms with van der Waals surface area (Å²) in [5, 5.41) is 4.16. The summed E-state index contributed by atoms with van der Waals surface area (Å²) in [6.45, 7) is 0.384. The zero-order chi connectivity index (χ0) is 23.1. The minimum atomic E-state index is -0.253. The molecule has 5 rings (SSSR count). The van der Waals surface area contributed by atoms with Gasteiger partial charge in [0.1, 0.15) is 12.4 Å².